The lowest BCUT2D eigenvalue weighted by molar-refractivity contribution is 1.03. The average molecular weight is 120 g/mol. The maximum atomic E-state index is 4.58. The summed E-state index contributed by atoms with van der Waals surface area (Å²) >= 11 is 4.58. The highest BCUT2D eigenvalue weighted by Gasteiger charge is 1.72. The van der Waals surface area contributed by atoms with Crippen LogP contribution in [0.2, 0.25) is 0 Å². The van der Waals surface area contributed by atoms with Crippen molar-refractivity contribution in [2.24, 2.45) is 0 Å². The first kappa shape index (κ1) is 6.52. The van der Waals surface area contributed by atoms with Gasteiger partial charge in [0.05, 0.1) is 0 Å². The van der Waals surface area contributed by atoms with Crippen LogP contribution in [0.1, 0.15) is 12.8 Å². The zero-order valence-electron chi connectivity index (χ0n) is 3.68. The van der Waals surface area contributed by atoms with Crippen molar-refractivity contribution in [2.75, 3.05) is 6.16 Å². The van der Waals surface area contributed by atoms with Gasteiger partial charge in [-0.15, -0.1) is 9.24 Å². The maximum Gasteiger partial charge on any atom is -0.0210 e. The van der Waals surface area contributed by atoms with E-state index in [4.69, 9.17) is 0 Å². The predicted molar refractivity (Wildman–Crippen MR) is 37.5 cm³/mol. The van der Waals surface area contributed by atoms with E-state index < -0.39 is 0 Å². The van der Waals surface area contributed by atoms with E-state index in [0.717, 1.165) is 6.42 Å². The topological polar surface area (TPSA) is 0 Å². The van der Waals surface area contributed by atoms with Crippen molar-refractivity contribution < 1.29 is 0 Å². The maximum absolute atomic E-state index is 4.58. The molecular formula is C4H9PS. The molecule has 0 saturated carbocycles. The molecular weight excluding hydrogens is 111 g/mol. The van der Waals surface area contributed by atoms with E-state index in [-0.39, 0.29) is 0 Å². The number of unbranched alkanes of at least 4 members (excludes halogenated alkanes) is 1. The van der Waals surface area contributed by atoms with Crippen LogP contribution in [-0.2, 0) is 0 Å². The largest absolute Gasteiger partial charge is 0.138 e. The Morgan fingerprint density at radius 1 is 1.67 bits per heavy atom. The Hall–Kier alpha value is 0.520. The lowest BCUT2D eigenvalue weighted by Crippen LogP contribution is -1.71. The van der Waals surface area contributed by atoms with Gasteiger partial charge in [0.15, 0.2) is 0 Å². The second-order valence-corrected chi connectivity index (χ2v) is 2.01. The molecule has 0 aromatic heterocycles. The molecule has 0 saturated heterocycles. The Morgan fingerprint density at radius 3 is 2.50 bits per heavy atom. The smallest absolute Gasteiger partial charge is 0.0210 e. The third kappa shape index (κ3) is 4.52. The molecule has 0 aliphatic heterocycles. The number of thiocarbonyl (C=S) groups is 1. The van der Waals surface area contributed by atoms with Crippen LogP contribution in [0.5, 0.6) is 0 Å². The van der Waals surface area contributed by atoms with Gasteiger partial charge in [-0.1, -0.05) is 12.2 Å². The molecule has 0 bridgehead atoms. The molecule has 0 spiro atoms. The van der Waals surface area contributed by atoms with Gasteiger partial charge < -0.3 is 0 Å². The van der Waals surface area contributed by atoms with Crippen LogP contribution < -0.4 is 0 Å². The second kappa shape index (κ2) is 5.52. The lowest BCUT2D eigenvalue weighted by atomic mass is 10.4. The predicted octanol–water partition coefficient (Wildman–Crippen LogP) is 1.64. The summed E-state index contributed by atoms with van der Waals surface area (Å²) in [5.41, 5.74) is 0. The van der Waals surface area contributed by atoms with Crippen molar-refractivity contribution in [3.8, 4) is 0 Å². The molecule has 0 heterocycles. The number of hydrogen-bond donors (Lipinski definition) is 0. The number of hydrogen-bond acceptors (Lipinski definition) is 1. The third-order valence-corrected chi connectivity index (χ3v) is 1.17. The molecule has 0 rings (SSSR count). The van der Waals surface area contributed by atoms with Gasteiger partial charge in [-0.25, -0.2) is 0 Å². The van der Waals surface area contributed by atoms with Gasteiger partial charge in [0, 0.05) is 0 Å². The summed E-state index contributed by atoms with van der Waals surface area (Å²) in [5.74, 6) is 0. The molecule has 0 nitrogen and oxygen atoms in total. The third-order valence-electron chi connectivity index (χ3n) is 0.526. The van der Waals surface area contributed by atoms with Crippen molar-refractivity contribution in [3.05, 3.63) is 0 Å². The average Bonchev–Trinajstić information content (AvgIpc) is 1.61. The van der Waals surface area contributed by atoms with E-state index in [1.54, 1.807) is 5.37 Å². The van der Waals surface area contributed by atoms with E-state index >= 15 is 0 Å². The quantitative estimate of drug-likeness (QED) is 0.310. The van der Waals surface area contributed by atoms with Gasteiger partial charge in [0.25, 0.3) is 0 Å². The Kier molecular flexibility index (Phi) is 6.00. The summed E-state index contributed by atoms with van der Waals surface area (Å²) in [6, 6.07) is 0. The summed E-state index contributed by atoms with van der Waals surface area (Å²) in [6.07, 6.45) is 3.47. The molecule has 1 unspecified atom stereocenters. The fourth-order valence-electron chi connectivity index (χ4n) is 0.201. The van der Waals surface area contributed by atoms with Crippen molar-refractivity contribution in [1.29, 1.82) is 0 Å². The van der Waals surface area contributed by atoms with Crippen LogP contribution in [0.3, 0.4) is 0 Å². The fraction of sp³-hybridized carbons (Fsp3) is 0.750. The molecule has 0 aromatic rings. The number of rotatable bonds is 3. The fourth-order valence-corrected chi connectivity index (χ4v) is 0.604. The van der Waals surface area contributed by atoms with Crippen LogP contribution in [0, 0.1) is 0 Å². The van der Waals surface area contributed by atoms with Crippen LogP contribution in [0.4, 0.5) is 0 Å². The molecule has 2 heteroatoms. The molecule has 0 N–H and O–H groups in total. The monoisotopic (exact) mass is 120 g/mol. The standard InChI is InChI=1S/C4H9PS/c5-3-1-2-4-6/h4H,1-3,5H2. The molecule has 0 radical (unpaired) electrons. The summed E-state index contributed by atoms with van der Waals surface area (Å²) in [4.78, 5) is 0. The highest BCUT2D eigenvalue weighted by atomic mass is 32.1. The zero-order valence-corrected chi connectivity index (χ0v) is 5.66. The SMILES string of the molecule is PCCCC=S. The van der Waals surface area contributed by atoms with Crippen molar-refractivity contribution in [1.82, 2.24) is 0 Å². The van der Waals surface area contributed by atoms with E-state index in [2.05, 4.69) is 21.5 Å². The second-order valence-electron chi connectivity index (χ2n) is 1.10. The van der Waals surface area contributed by atoms with Crippen LogP contribution in [0.15, 0.2) is 0 Å². The van der Waals surface area contributed by atoms with Gasteiger partial charge in [0.2, 0.25) is 0 Å². The Morgan fingerprint density at radius 2 is 2.33 bits per heavy atom. The summed E-state index contributed by atoms with van der Waals surface area (Å²) in [5, 5.41) is 1.78. The van der Waals surface area contributed by atoms with E-state index in [9.17, 15) is 0 Å². The first-order valence-electron chi connectivity index (χ1n) is 2.05. The molecule has 0 aliphatic rings. The normalized spacial score (nSPS) is 8.17. The molecule has 0 amide bonds. The van der Waals surface area contributed by atoms with E-state index in [0.29, 0.717) is 0 Å². The van der Waals surface area contributed by atoms with Gasteiger partial charge in [-0.2, -0.15) is 0 Å². The van der Waals surface area contributed by atoms with Crippen LogP contribution >= 0.6 is 21.5 Å². The van der Waals surface area contributed by atoms with Crippen LogP contribution in [-0.4, -0.2) is 11.5 Å². The lowest BCUT2D eigenvalue weighted by Gasteiger charge is -1.80. The molecule has 0 aromatic carbocycles. The zero-order chi connectivity index (χ0) is 4.83. The van der Waals surface area contributed by atoms with Crippen LogP contribution in [0.25, 0.3) is 0 Å². The highest BCUT2D eigenvalue weighted by Crippen LogP contribution is 1.89. The molecule has 0 aliphatic carbocycles. The van der Waals surface area contributed by atoms with E-state index in [1.165, 1.54) is 12.6 Å². The first-order valence-corrected chi connectivity index (χ1v) is 3.34. The molecule has 36 valence electrons. The van der Waals surface area contributed by atoms with Gasteiger partial charge in [-0.05, 0) is 24.4 Å². The van der Waals surface area contributed by atoms with Crippen molar-refractivity contribution >= 4 is 26.8 Å². The van der Waals surface area contributed by atoms with Crippen molar-refractivity contribution in [3.63, 3.8) is 0 Å². The van der Waals surface area contributed by atoms with Crippen molar-refractivity contribution in [2.45, 2.75) is 12.8 Å². The Bertz CT molecular complexity index is 36.5. The summed E-state index contributed by atoms with van der Waals surface area (Å²) in [6.45, 7) is 0. The van der Waals surface area contributed by atoms with Gasteiger partial charge in [-0.3, -0.25) is 0 Å². The minimum Gasteiger partial charge on any atom is -0.138 e. The summed E-state index contributed by atoms with van der Waals surface area (Å²) in [7, 11) is 2.66. The Labute approximate surface area is 46.5 Å². The molecule has 6 heavy (non-hydrogen) atoms. The van der Waals surface area contributed by atoms with Gasteiger partial charge >= 0.3 is 0 Å². The van der Waals surface area contributed by atoms with Gasteiger partial charge in [0.1, 0.15) is 0 Å². The minimum absolute atomic E-state index is 1.08. The Balaban J connectivity index is 2.49. The van der Waals surface area contributed by atoms with E-state index in [1.807, 2.05) is 0 Å². The first-order chi connectivity index (χ1) is 2.91. The molecule has 1 atom stereocenters. The highest BCUT2D eigenvalue weighted by molar-refractivity contribution is 7.78. The molecule has 0 fully saturated rings. The minimum atomic E-state index is 1.08. The summed E-state index contributed by atoms with van der Waals surface area (Å²) < 4.78 is 0.